The number of carbonyl (C=O) groups is 1. The average molecular weight is 264 g/mol. The maximum absolute atomic E-state index is 12.0. The summed E-state index contributed by atoms with van der Waals surface area (Å²) in [6.45, 7) is 3.13. The molecule has 1 amide bonds. The zero-order valence-corrected chi connectivity index (χ0v) is 11.1. The van der Waals surface area contributed by atoms with Crippen LogP contribution in [0.15, 0.2) is 24.3 Å². The minimum atomic E-state index is -0.307. The molecule has 1 aromatic carbocycles. The van der Waals surface area contributed by atoms with E-state index in [4.69, 9.17) is 10.5 Å². The highest BCUT2D eigenvalue weighted by Gasteiger charge is 2.27. The highest BCUT2D eigenvalue weighted by Crippen LogP contribution is 2.18. The molecular formula is C14H20N2O3. The second-order valence-electron chi connectivity index (χ2n) is 5.03. The zero-order chi connectivity index (χ0) is 13.8. The predicted octanol–water partition coefficient (Wildman–Crippen LogP) is 0.877. The molecule has 0 spiro atoms. The van der Waals surface area contributed by atoms with Crippen LogP contribution in [0.4, 0.5) is 5.69 Å². The van der Waals surface area contributed by atoms with Gasteiger partial charge in [-0.15, -0.1) is 0 Å². The van der Waals surface area contributed by atoms with E-state index in [1.807, 2.05) is 6.92 Å². The van der Waals surface area contributed by atoms with Crippen molar-refractivity contribution in [3.8, 4) is 5.75 Å². The molecule has 1 fully saturated rings. The number of aliphatic hydroxyl groups excluding tert-OH is 1. The van der Waals surface area contributed by atoms with Crippen molar-refractivity contribution in [2.24, 2.45) is 5.92 Å². The quantitative estimate of drug-likeness (QED) is 0.795. The van der Waals surface area contributed by atoms with Gasteiger partial charge in [0.1, 0.15) is 5.75 Å². The fraction of sp³-hybridized carbons (Fsp3) is 0.500. The molecule has 104 valence electrons. The molecule has 5 nitrogen and oxygen atoms in total. The van der Waals surface area contributed by atoms with Gasteiger partial charge in [0.05, 0.1) is 6.10 Å². The van der Waals surface area contributed by atoms with Crippen molar-refractivity contribution in [1.82, 2.24) is 4.90 Å². The number of ether oxygens (including phenoxy) is 1. The number of amides is 1. The summed E-state index contributed by atoms with van der Waals surface area (Å²) in [4.78, 5) is 13.7. The Kier molecular flexibility index (Phi) is 4.27. The number of nitrogen functional groups attached to an aromatic ring is 1. The Morgan fingerprint density at radius 2 is 2.37 bits per heavy atom. The summed E-state index contributed by atoms with van der Waals surface area (Å²) in [5.41, 5.74) is 6.25. The van der Waals surface area contributed by atoms with Gasteiger partial charge < -0.3 is 20.5 Å². The lowest BCUT2D eigenvalue weighted by molar-refractivity contribution is -0.136. The number of hydrogen-bond acceptors (Lipinski definition) is 4. The van der Waals surface area contributed by atoms with Crippen LogP contribution < -0.4 is 10.5 Å². The molecule has 1 aliphatic heterocycles. The number of carbonyl (C=O) groups excluding carboxylic acids is 1. The lowest BCUT2D eigenvalue weighted by atomic mass is 9.97. The molecular weight excluding hydrogens is 244 g/mol. The molecule has 2 rings (SSSR count). The Bertz CT molecular complexity index is 450. The number of rotatable bonds is 3. The van der Waals surface area contributed by atoms with E-state index in [0.717, 1.165) is 0 Å². The molecule has 0 bridgehead atoms. The van der Waals surface area contributed by atoms with E-state index in [-0.39, 0.29) is 24.5 Å². The monoisotopic (exact) mass is 264 g/mol. The maximum Gasteiger partial charge on any atom is 0.260 e. The summed E-state index contributed by atoms with van der Waals surface area (Å²) in [6, 6.07) is 7.01. The maximum atomic E-state index is 12.0. The van der Waals surface area contributed by atoms with Gasteiger partial charge in [0, 0.05) is 24.8 Å². The first-order valence-corrected chi connectivity index (χ1v) is 6.50. The van der Waals surface area contributed by atoms with Crippen LogP contribution in [-0.2, 0) is 4.79 Å². The summed E-state index contributed by atoms with van der Waals surface area (Å²) in [6.07, 6.45) is 0.324. The van der Waals surface area contributed by atoms with Crippen LogP contribution in [-0.4, -0.2) is 41.7 Å². The molecule has 0 aromatic heterocycles. The third-order valence-corrected chi connectivity index (χ3v) is 3.43. The molecule has 3 N–H and O–H groups in total. The number of anilines is 1. The van der Waals surface area contributed by atoms with Crippen molar-refractivity contribution in [3.05, 3.63) is 24.3 Å². The first kappa shape index (κ1) is 13.7. The second kappa shape index (κ2) is 5.93. The van der Waals surface area contributed by atoms with Crippen molar-refractivity contribution in [3.63, 3.8) is 0 Å². The normalized spacial score (nSPS) is 23.2. The minimum Gasteiger partial charge on any atom is -0.484 e. The topological polar surface area (TPSA) is 75.8 Å². The summed E-state index contributed by atoms with van der Waals surface area (Å²) in [5, 5.41) is 9.63. The van der Waals surface area contributed by atoms with E-state index in [2.05, 4.69) is 0 Å². The first-order chi connectivity index (χ1) is 9.06. The third-order valence-electron chi connectivity index (χ3n) is 3.43. The SMILES string of the molecule is CC1CN(C(=O)COc2cccc(N)c2)CCC1O. The number of nitrogens with zero attached hydrogens (tertiary/aromatic N) is 1. The van der Waals surface area contributed by atoms with Gasteiger partial charge >= 0.3 is 0 Å². The Hall–Kier alpha value is -1.75. The average Bonchev–Trinajstić information content (AvgIpc) is 2.39. The van der Waals surface area contributed by atoms with E-state index < -0.39 is 0 Å². The van der Waals surface area contributed by atoms with E-state index >= 15 is 0 Å². The molecule has 0 aliphatic carbocycles. The molecule has 0 saturated carbocycles. The summed E-state index contributed by atoms with van der Waals surface area (Å²) >= 11 is 0. The van der Waals surface area contributed by atoms with E-state index in [1.54, 1.807) is 29.2 Å². The molecule has 19 heavy (non-hydrogen) atoms. The number of aliphatic hydroxyl groups is 1. The van der Waals surface area contributed by atoms with Gasteiger partial charge in [-0.3, -0.25) is 4.79 Å². The largest absolute Gasteiger partial charge is 0.484 e. The lowest BCUT2D eigenvalue weighted by Gasteiger charge is -2.34. The Morgan fingerprint density at radius 1 is 1.58 bits per heavy atom. The van der Waals surface area contributed by atoms with Gasteiger partial charge in [0.2, 0.25) is 0 Å². The standard InChI is InChI=1S/C14H20N2O3/c1-10-8-16(6-5-13(10)17)14(18)9-19-12-4-2-3-11(15)7-12/h2-4,7,10,13,17H,5-6,8-9,15H2,1H3. The molecule has 1 heterocycles. The highest BCUT2D eigenvalue weighted by atomic mass is 16.5. The minimum absolute atomic E-state index is 0.00622. The third kappa shape index (κ3) is 3.61. The molecule has 1 saturated heterocycles. The van der Waals surface area contributed by atoms with Gasteiger partial charge in [-0.1, -0.05) is 13.0 Å². The number of nitrogens with two attached hydrogens (primary N) is 1. The number of benzene rings is 1. The van der Waals surface area contributed by atoms with Crippen LogP contribution in [0.5, 0.6) is 5.75 Å². The van der Waals surface area contributed by atoms with Gasteiger partial charge in [0.25, 0.3) is 5.91 Å². The second-order valence-corrected chi connectivity index (χ2v) is 5.03. The van der Waals surface area contributed by atoms with Crippen molar-refractivity contribution >= 4 is 11.6 Å². The van der Waals surface area contributed by atoms with Crippen molar-refractivity contribution in [2.45, 2.75) is 19.4 Å². The van der Waals surface area contributed by atoms with Crippen LogP contribution in [0.1, 0.15) is 13.3 Å². The Balaban J connectivity index is 1.84. The molecule has 1 aromatic rings. The molecule has 1 aliphatic rings. The van der Waals surface area contributed by atoms with Gasteiger partial charge in [-0.25, -0.2) is 0 Å². The highest BCUT2D eigenvalue weighted by molar-refractivity contribution is 5.78. The van der Waals surface area contributed by atoms with E-state index in [0.29, 0.717) is 30.9 Å². The number of piperidine rings is 1. The fourth-order valence-corrected chi connectivity index (χ4v) is 2.20. The van der Waals surface area contributed by atoms with Gasteiger partial charge in [0.15, 0.2) is 6.61 Å². The first-order valence-electron chi connectivity index (χ1n) is 6.50. The number of hydrogen-bond donors (Lipinski definition) is 2. The van der Waals surface area contributed by atoms with E-state index in [1.165, 1.54) is 0 Å². The van der Waals surface area contributed by atoms with Gasteiger partial charge in [-0.2, -0.15) is 0 Å². The van der Waals surface area contributed by atoms with Crippen LogP contribution >= 0.6 is 0 Å². The molecule has 2 unspecified atom stereocenters. The van der Waals surface area contributed by atoms with Crippen LogP contribution in [0.2, 0.25) is 0 Å². The van der Waals surface area contributed by atoms with Crippen molar-refractivity contribution in [2.75, 3.05) is 25.4 Å². The lowest BCUT2D eigenvalue weighted by Crippen LogP contribution is -2.46. The summed E-state index contributed by atoms with van der Waals surface area (Å²) in [5.74, 6) is 0.657. The van der Waals surface area contributed by atoms with Crippen LogP contribution in [0.25, 0.3) is 0 Å². The number of likely N-dealkylation sites (tertiary alicyclic amines) is 1. The Morgan fingerprint density at radius 3 is 3.05 bits per heavy atom. The Labute approximate surface area is 113 Å². The molecule has 0 radical (unpaired) electrons. The molecule has 2 atom stereocenters. The molecule has 5 heteroatoms. The predicted molar refractivity (Wildman–Crippen MR) is 72.7 cm³/mol. The summed E-state index contributed by atoms with van der Waals surface area (Å²) < 4.78 is 5.43. The summed E-state index contributed by atoms with van der Waals surface area (Å²) in [7, 11) is 0. The van der Waals surface area contributed by atoms with Crippen molar-refractivity contribution in [1.29, 1.82) is 0 Å². The van der Waals surface area contributed by atoms with E-state index in [9.17, 15) is 9.90 Å². The van der Waals surface area contributed by atoms with Crippen LogP contribution in [0.3, 0.4) is 0 Å². The fourth-order valence-electron chi connectivity index (χ4n) is 2.20. The van der Waals surface area contributed by atoms with Crippen molar-refractivity contribution < 1.29 is 14.6 Å². The van der Waals surface area contributed by atoms with Crippen LogP contribution in [0, 0.1) is 5.92 Å². The smallest absolute Gasteiger partial charge is 0.260 e. The zero-order valence-electron chi connectivity index (χ0n) is 11.1. The van der Waals surface area contributed by atoms with Gasteiger partial charge in [-0.05, 0) is 24.5 Å².